The third-order valence-corrected chi connectivity index (χ3v) is 1.34. The Bertz CT molecular complexity index is 217. The average Bonchev–Trinajstić information content (AvgIpc) is 2.06. The maximum absolute atomic E-state index is 10.6. The summed E-state index contributed by atoms with van der Waals surface area (Å²) in [6.07, 6.45) is 0. The highest BCUT2D eigenvalue weighted by atomic mass is 31.1. The van der Waals surface area contributed by atoms with Crippen molar-refractivity contribution in [2.24, 2.45) is 10.2 Å². The molecule has 0 bridgehead atoms. The summed E-state index contributed by atoms with van der Waals surface area (Å²) < 4.78 is 19.3. The van der Waals surface area contributed by atoms with Crippen LogP contribution >= 0.6 is 8.25 Å². The Hall–Kier alpha value is -1.23. The van der Waals surface area contributed by atoms with Gasteiger partial charge >= 0.3 is 8.25 Å². The maximum Gasteiger partial charge on any atom is 0.319 e. The molecule has 0 spiro atoms. The molecule has 0 atom stereocenters. The van der Waals surface area contributed by atoms with Gasteiger partial charge in [-0.15, -0.1) is 0 Å². The minimum atomic E-state index is -2.71. The Morgan fingerprint density at radius 1 is 1.17 bits per heavy atom. The molecule has 0 rings (SSSR count). The second-order valence-corrected chi connectivity index (χ2v) is 2.34. The third kappa shape index (κ3) is 6.88. The first kappa shape index (κ1) is 10.8. The summed E-state index contributed by atoms with van der Waals surface area (Å²) in [5.41, 5.74) is 15.5. The van der Waals surface area contributed by atoms with Gasteiger partial charge < -0.3 is 9.05 Å². The van der Waals surface area contributed by atoms with Crippen LogP contribution in [0.1, 0.15) is 0 Å². The van der Waals surface area contributed by atoms with Crippen molar-refractivity contribution in [3.63, 3.8) is 0 Å². The number of azide groups is 2. The van der Waals surface area contributed by atoms with Crippen LogP contribution in [-0.2, 0) is 13.6 Å². The van der Waals surface area contributed by atoms with Crippen LogP contribution in [0.3, 0.4) is 0 Å². The van der Waals surface area contributed by atoms with Crippen molar-refractivity contribution in [3.05, 3.63) is 20.9 Å². The van der Waals surface area contributed by atoms with Gasteiger partial charge in [-0.1, -0.05) is 10.2 Å². The first-order chi connectivity index (χ1) is 5.81. The highest BCUT2D eigenvalue weighted by Crippen LogP contribution is 2.22. The van der Waals surface area contributed by atoms with Crippen LogP contribution in [0.4, 0.5) is 0 Å². The van der Waals surface area contributed by atoms with Crippen LogP contribution in [0.25, 0.3) is 20.9 Å². The average molecular weight is 192 g/mol. The van der Waals surface area contributed by atoms with Crippen molar-refractivity contribution in [1.29, 1.82) is 0 Å². The zero-order valence-electron chi connectivity index (χ0n) is 5.82. The molecule has 0 unspecified atom stereocenters. The summed E-state index contributed by atoms with van der Waals surface area (Å²) in [7, 11) is -2.71. The molecule has 0 amide bonds. The lowest BCUT2D eigenvalue weighted by atomic mass is 11.4. The molecule has 0 aromatic rings. The van der Waals surface area contributed by atoms with Gasteiger partial charge in [-0.25, -0.2) is 0 Å². The summed E-state index contributed by atoms with van der Waals surface area (Å²) in [6.45, 7) is -0.741. The monoisotopic (exact) mass is 192 g/mol. The van der Waals surface area contributed by atoms with Crippen LogP contribution in [0.15, 0.2) is 10.2 Å². The lowest BCUT2D eigenvalue weighted by molar-refractivity contribution is 0.235. The first-order valence-corrected chi connectivity index (χ1v) is 3.85. The molecular formula is C2H5N6O3P. The highest BCUT2D eigenvalue weighted by molar-refractivity contribution is 7.33. The van der Waals surface area contributed by atoms with E-state index < -0.39 is 8.25 Å². The maximum atomic E-state index is 10.6. The topological polar surface area (TPSA) is 133 Å². The van der Waals surface area contributed by atoms with E-state index in [0.717, 1.165) is 0 Å². The van der Waals surface area contributed by atoms with Gasteiger partial charge in [0.25, 0.3) is 0 Å². The highest BCUT2D eigenvalue weighted by Gasteiger charge is 1.95. The molecule has 0 fully saturated rings. The molecule has 0 saturated heterocycles. The minimum absolute atomic E-state index is 0.370. The Morgan fingerprint density at radius 3 is 1.92 bits per heavy atom. The Morgan fingerprint density at radius 2 is 1.58 bits per heavy atom. The molecule has 0 aromatic carbocycles. The fraction of sp³-hybridized carbons (Fsp3) is 1.00. The molecular weight excluding hydrogens is 187 g/mol. The van der Waals surface area contributed by atoms with Gasteiger partial charge in [-0.2, -0.15) is 0 Å². The zero-order chi connectivity index (χ0) is 9.23. The second-order valence-electron chi connectivity index (χ2n) is 1.26. The lowest BCUT2D eigenvalue weighted by Gasteiger charge is -1.97. The van der Waals surface area contributed by atoms with Gasteiger partial charge in [-0.3, -0.25) is 4.57 Å². The van der Waals surface area contributed by atoms with Crippen molar-refractivity contribution in [3.8, 4) is 0 Å². The SMILES string of the molecule is [N-]=[N+]=NCO[PH](=O)OCN=[N+]=[N-]. The summed E-state index contributed by atoms with van der Waals surface area (Å²) in [5, 5.41) is 5.88. The van der Waals surface area contributed by atoms with E-state index in [-0.39, 0.29) is 13.5 Å². The van der Waals surface area contributed by atoms with E-state index >= 15 is 0 Å². The molecule has 0 N–H and O–H groups in total. The third-order valence-electron chi connectivity index (χ3n) is 0.607. The molecule has 0 heterocycles. The van der Waals surface area contributed by atoms with Gasteiger partial charge in [0.1, 0.15) is 13.5 Å². The molecule has 0 saturated carbocycles. The number of hydrogen-bond acceptors (Lipinski definition) is 5. The molecule has 10 heteroatoms. The van der Waals surface area contributed by atoms with Gasteiger partial charge in [0.05, 0.1) is 0 Å². The van der Waals surface area contributed by atoms with Crippen LogP contribution in [0.5, 0.6) is 0 Å². The van der Waals surface area contributed by atoms with E-state index in [4.69, 9.17) is 11.1 Å². The molecule has 0 aromatic heterocycles. The van der Waals surface area contributed by atoms with Gasteiger partial charge in [0.2, 0.25) is 0 Å². The van der Waals surface area contributed by atoms with Gasteiger partial charge in [0.15, 0.2) is 0 Å². The Kier molecular flexibility index (Phi) is 7.07. The van der Waals surface area contributed by atoms with Crippen LogP contribution in [0, 0.1) is 0 Å². The predicted octanol–water partition coefficient (Wildman–Crippen LogP) is 1.94. The second kappa shape index (κ2) is 7.87. The van der Waals surface area contributed by atoms with Crippen LogP contribution in [0.2, 0.25) is 0 Å². The zero-order valence-corrected chi connectivity index (χ0v) is 6.82. The molecule has 0 aliphatic rings. The van der Waals surface area contributed by atoms with Crippen molar-refractivity contribution < 1.29 is 13.6 Å². The van der Waals surface area contributed by atoms with Crippen LogP contribution in [-0.4, -0.2) is 13.5 Å². The summed E-state index contributed by atoms with van der Waals surface area (Å²) >= 11 is 0. The number of nitrogens with zero attached hydrogens (tertiary/aromatic N) is 6. The standard InChI is InChI=1S/C2H5N6O3P/c3-7-5-1-10-12(9)11-2-6-8-4/h12H,1-2H2. The molecule has 9 nitrogen and oxygen atoms in total. The van der Waals surface area contributed by atoms with E-state index in [1.165, 1.54) is 0 Å². The molecule has 0 aliphatic carbocycles. The molecule has 66 valence electrons. The van der Waals surface area contributed by atoms with Crippen molar-refractivity contribution in [2.45, 2.75) is 0 Å². The molecule has 0 aliphatic heterocycles. The van der Waals surface area contributed by atoms with E-state index in [1.54, 1.807) is 0 Å². The number of rotatable bonds is 6. The summed E-state index contributed by atoms with van der Waals surface area (Å²) in [5.74, 6) is 0. The fourth-order valence-electron chi connectivity index (χ4n) is 0.256. The van der Waals surface area contributed by atoms with E-state index in [1.807, 2.05) is 0 Å². The van der Waals surface area contributed by atoms with Gasteiger partial charge in [-0.05, 0) is 11.1 Å². The Labute approximate surface area is 67.5 Å². The van der Waals surface area contributed by atoms with Crippen LogP contribution < -0.4 is 0 Å². The normalized spacial score (nSPS) is 11.0. The van der Waals surface area contributed by atoms with Gasteiger partial charge in [0, 0.05) is 9.82 Å². The van der Waals surface area contributed by atoms with E-state index in [9.17, 15) is 4.57 Å². The first-order valence-electron chi connectivity index (χ1n) is 2.62. The largest absolute Gasteiger partial charge is 0.319 e. The predicted molar refractivity (Wildman–Crippen MR) is 39.2 cm³/mol. The minimum Gasteiger partial charge on any atom is -0.305 e. The quantitative estimate of drug-likeness (QED) is 0.275. The van der Waals surface area contributed by atoms with E-state index in [0.29, 0.717) is 0 Å². The summed E-state index contributed by atoms with van der Waals surface area (Å²) in [6, 6.07) is 0. The molecule has 12 heavy (non-hydrogen) atoms. The Balaban J connectivity index is 3.45. The lowest BCUT2D eigenvalue weighted by Crippen LogP contribution is -1.84. The molecule has 0 radical (unpaired) electrons. The van der Waals surface area contributed by atoms with E-state index in [2.05, 4.69) is 29.1 Å². The van der Waals surface area contributed by atoms with Crippen molar-refractivity contribution in [1.82, 2.24) is 0 Å². The fourth-order valence-corrected chi connectivity index (χ4v) is 0.666. The number of hydrogen-bond donors (Lipinski definition) is 0. The van der Waals surface area contributed by atoms with Crippen molar-refractivity contribution >= 4 is 8.25 Å². The summed E-state index contributed by atoms with van der Waals surface area (Å²) in [4.78, 5) is 4.69. The van der Waals surface area contributed by atoms with Crippen molar-refractivity contribution in [2.75, 3.05) is 13.5 Å². The smallest absolute Gasteiger partial charge is 0.305 e.